The lowest BCUT2D eigenvalue weighted by Crippen LogP contribution is -2.30. The minimum absolute atomic E-state index is 0.0799. The maximum absolute atomic E-state index is 12.8. The zero-order chi connectivity index (χ0) is 54.3. The van der Waals surface area contributed by atoms with Gasteiger partial charge in [0.05, 0.1) is 0 Å². The van der Waals surface area contributed by atoms with Gasteiger partial charge in [-0.05, 0) is 103 Å². The Kier molecular flexibility index (Phi) is 59.8. The summed E-state index contributed by atoms with van der Waals surface area (Å²) >= 11 is 0. The molecule has 1 atom stereocenters. The quantitative estimate of drug-likeness (QED) is 0.0261. The number of carbonyl (C=O) groups excluding carboxylic acids is 3. The Hall–Kier alpha value is -3.67. The molecule has 0 saturated carbocycles. The van der Waals surface area contributed by atoms with E-state index in [0.29, 0.717) is 19.3 Å². The molecule has 0 bridgehead atoms. The van der Waals surface area contributed by atoms with Crippen molar-refractivity contribution < 1.29 is 28.6 Å². The Morgan fingerprint density at radius 3 is 0.827 bits per heavy atom. The Labute approximate surface area is 464 Å². The van der Waals surface area contributed by atoms with Gasteiger partial charge < -0.3 is 14.2 Å². The molecule has 0 amide bonds. The number of rotatable bonds is 57. The van der Waals surface area contributed by atoms with E-state index in [1.807, 2.05) is 0 Å². The predicted molar refractivity (Wildman–Crippen MR) is 325 cm³/mol. The van der Waals surface area contributed by atoms with E-state index in [-0.39, 0.29) is 31.1 Å². The number of hydrogen-bond acceptors (Lipinski definition) is 6. The van der Waals surface area contributed by atoms with Crippen molar-refractivity contribution in [2.75, 3.05) is 13.2 Å². The minimum atomic E-state index is -0.779. The molecule has 0 N–H and O–H groups in total. The standard InChI is InChI=1S/C69H118O6/c1-4-7-10-13-16-18-20-22-24-26-27-28-29-30-31-32-33-34-35-36-37-38-39-40-41-42-43-44-46-47-49-51-53-56-59-62-68(71)74-65-66(64-73-67(70)61-58-55-15-12-9-6-3)75-69(72)63-60-57-54-52-50-48-45-25-23-21-19-17-14-11-8-5-2/h7,10,16,18-19,21-22,24-25,27-28,30-31,33-34,45,66H,4-6,8-9,11-15,17,20,23,26,29,32,35-44,46-65H2,1-3H3/b10-7-,18-16-,21-19-,24-22-,28-27-,31-30-,34-33-,45-25-. The fourth-order valence-electron chi connectivity index (χ4n) is 8.83. The molecule has 6 heteroatoms. The maximum atomic E-state index is 12.8. The molecule has 0 aliphatic heterocycles. The molecule has 0 aromatic heterocycles. The molecular weight excluding hydrogens is 925 g/mol. The molecule has 1 unspecified atom stereocenters. The average Bonchev–Trinajstić information content (AvgIpc) is 3.41. The van der Waals surface area contributed by atoms with Gasteiger partial charge in [0.2, 0.25) is 0 Å². The molecule has 0 heterocycles. The highest BCUT2D eigenvalue weighted by molar-refractivity contribution is 5.71. The lowest BCUT2D eigenvalue weighted by Gasteiger charge is -2.18. The van der Waals surface area contributed by atoms with Gasteiger partial charge >= 0.3 is 17.9 Å². The first-order chi connectivity index (χ1) is 37.0. The molecule has 0 rings (SSSR count). The SMILES string of the molecule is CC/C=C\C/C=C\C/C=C\C/C=C\C/C=C\C/C=C\CCCCCCCCCCCCCCCCCCC(=O)OCC(COC(=O)CCCCCCCC)OC(=O)CCCCCCC/C=C\C/C=C\CCCCCC. The molecule has 0 aromatic rings. The van der Waals surface area contributed by atoms with Crippen LogP contribution in [0.15, 0.2) is 97.2 Å². The van der Waals surface area contributed by atoms with Crippen LogP contribution < -0.4 is 0 Å². The van der Waals surface area contributed by atoms with Crippen LogP contribution in [0.4, 0.5) is 0 Å². The van der Waals surface area contributed by atoms with E-state index in [1.54, 1.807) is 0 Å². The van der Waals surface area contributed by atoms with Gasteiger partial charge in [0.15, 0.2) is 6.10 Å². The highest BCUT2D eigenvalue weighted by atomic mass is 16.6. The highest BCUT2D eigenvalue weighted by Crippen LogP contribution is 2.16. The van der Waals surface area contributed by atoms with Crippen molar-refractivity contribution in [1.29, 1.82) is 0 Å². The van der Waals surface area contributed by atoms with Crippen molar-refractivity contribution >= 4 is 17.9 Å². The zero-order valence-corrected chi connectivity index (χ0v) is 49.3. The van der Waals surface area contributed by atoms with Gasteiger partial charge in [-0.25, -0.2) is 0 Å². The number of unbranched alkanes of at least 4 members (excludes halogenated alkanes) is 30. The van der Waals surface area contributed by atoms with Crippen LogP contribution in [0.2, 0.25) is 0 Å². The summed E-state index contributed by atoms with van der Waals surface area (Å²) in [6.07, 6.45) is 84.6. The van der Waals surface area contributed by atoms with E-state index < -0.39 is 6.10 Å². The predicted octanol–water partition coefficient (Wildman–Crippen LogP) is 21.7. The normalized spacial score (nSPS) is 12.7. The maximum Gasteiger partial charge on any atom is 0.306 e. The Morgan fingerprint density at radius 2 is 0.520 bits per heavy atom. The van der Waals surface area contributed by atoms with Crippen LogP contribution >= 0.6 is 0 Å². The molecule has 0 aliphatic carbocycles. The Bertz CT molecular complexity index is 1480. The van der Waals surface area contributed by atoms with Crippen molar-refractivity contribution in [1.82, 2.24) is 0 Å². The summed E-state index contributed by atoms with van der Waals surface area (Å²) in [5, 5.41) is 0. The first-order valence-corrected chi connectivity index (χ1v) is 31.7. The molecule has 0 aliphatic rings. The number of esters is 3. The van der Waals surface area contributed by atoms with Crippen molar-refractivity contribution in [3.05, 3.63) is 97.2 Å². The van der Waals surface area contributed by atoms with Crippen molar-refractivity contribution in [2.24, 2.45) is 0 Å². The first kappa shape index (κ1) is 71.3. The van der Waals surface area contributed by atoms with Gasteiger partial charge in [-0.15, -0.1) is 0 Å². The zero-order valence-electron chi connectivity index (χ0n) is 49.3. The summed E-state index contributed by atoms with van der Waals surface area (Å²) in [5.74, 6) is -0.896. The van der Waals surface area contributed by atoms with Crippen LogP contribution in [-0.4, -0.2) is 37.2 Å². The number of ether oxygens (including phenoxy) is 3. The summed E-state index contributed by atoms with van der Waals surface area (Å²) in [6, 6.07) is 0. The summed E-state index contributed by atoms with van der Waals surface area (Å²) in [5.41, 5.74) is 0. The van der Waals surface area contributed by atoms with Gasteiger partial charge in [0.25, 0.3) is 0 Å². The van der Waals surface area contributed by atoms with E-state index in [0.717, 1.165) is 122 Å². The number of allylic oxidation sites excluding steroid dienone is 16. The third-order valence-electron chi connectivity index (χ3n) is 13.6. The Morgan fingerprint density at radius 1 is 0.280 bits per heavy atom. The smallest absolute Gasteiger partial charge is 0.306 e. The van der Waals surface area contributed by atoms with Gasteiger partial charge in [0, 0.05) is 19.3 Å². The van der Waals surface area contributed by atoms with Gasteiger partial charge in [-0.2, -0.15) is 0 Å². The number of carbonyl (C=O) groups is 3. The van der Waals surface area contributed by atoms with E-state index in [2.05, 4.69) is 118 Å². The monoisotopic (exact) mass is 1040 g/mol. The second kappa shape index (κ2) is 62.9. The largest absolute Gasteiger partial charge is 0.462 e. The lowest BCUT2D eigenvalue weighted by atomic mass is 10.0. The van der Waals surface area contributed by atoms with Crippen LogP contribution in [0.3, 0.4) is 0 Å². The molecule has 0 aromatic carbocycles. The highest BCUT2D eigenvalue weighted by Gasteiger charge is 2.19. The van der Waals surface area contributed by atoms with E-state index in [9.17, 15) is 14.4 Å². The molecule has 0 radical (unpaired) electrons. The van der Waals surface area contributed by atoms with Crippen LogP contribution in [0.5, 0.6) is 0 Å². The average molecular weight is 1040 g/mol. The number of hydrogen-bond donors (Lipinski definition) is 0. The minimum Gasteiger partial charge on any atom is -0.462 e. The third kappa shape index (κ3) is 61.1. The van der Waals surface area contributed by atoms with Crippen molar-refractivity contribution in [2.45, 2.75) is 309 Å². The Balaban J connectivity index is 3.99. The second-order valence-corrected chi connectivity index (χ2v) is 20.9. The molecule has 75 heavy (non-hydrogen) atoms. The lowest BCUT2D eigenvalue weighted by molar-refractivity contribution is -0.167. The summed E-state index contributed by atoms with van der Waals surface area (Å²) in [4.78, 5) is 37.9. The molecule has 430 valence electrons. The summed E-state index contributed by atoms with van der Waals surface area (Å²) < 4.78 is 16.8. The van der Waals surface area contributed by atoms with E-state index in [1.165, 1.54) is 141 Å². The van der Waals surface area contributed by atoms with Gasteiger partial charge in [-0.3, -0.25) is 14.4 Å². The van der Waals surface area contributed by atoms with Crippen molar-refractivity contribution in [3.63, 3.8) is 0 Å². The van der Waals surface area contributed by atoms with Crippen molar-refractivity contribution in [3.8, 4) is 0 Å². The molecule has 0 saturated heterocycles. The van der Waals surface area contributed by atoms with Gasteiger partial charge in [-0.1, -0.05) is 279 Å². The fourth-order valence-corrected chi connectivity index (χ4v) is 8.83. The molecule has 0 spiro atoms. The van der Waals surface area contributed by atoms with Crippen LogP contribution in [-0.2, 0) is 28.6 Å². The molecule has 0 fully saturated rings. The summed E-state index contributed by atoms with van der Waals surface area (Å²) in [7, 11) is 0. The van der Waals surface area contributed by atoms with Gasteiger partial charge in [0.1, 0.15) is 13.2 Å². The summed E-state index contributed by atoms with van der Waals surface area (Å²) in [6.45, 7) is 6.45. The second-order valence-electron chi connectivity index (χ2n) is 20.9. The molecular formula is C69H118O6. The third-order valence-corrected chi connectivity index (χ3v) is 13.6. The topological polar surface area (TPSA) is 78.9 Å². The van der Waals surface area contributed by atoms with Crippen LogP contribution in [0.1, 0.15) is 303 Å². The van der Waals surface area contributed by atoms with E-state index >= 15 is 0 Å². The van der Waals surface area contributed by atoms with Crippen LogP contribution in [0.25, 0.3) is 0 Å². The first-order valence-electron chi connectivity index (χ1n) is 31.7. The van der Waals surface area contributed by atoms with Crippen LogP contribution in [0, 0.1) is 0 Å². The molecule has 6 nitrogen and oxygen atoms in total. The van der Waals surface area contributed by atoms with E-state index in [4.69, 9.17) is 14.2 Å². The fraction of sp³-hybridized carbons (Fsp3) is 0.725.